The number of aliphatic imine (C=N–C) groups is 1. The van der Waals surface area contributed by atoms with Crippen molar-refractivity contribution >= 4 is 17.6 Å². The van der Waals surface area contributed by atoms with E-state index in [0.29, 0.717) is 0 Å². The van der Waals surface area contributed by atoms with Crippen LogP contribution in [-0.4, -0.2) is 27.4 Å². The van der Waals surface area contributed by atoms with E-state index in [4.69, 9.17) is 4.74 Å². The second kappa shape index (κ2) is 6.05. The fourth-order valence-corrected chi connectivity index (χ4v) is 1.86. The first-order valence-corrected chi connectivity index (χ1v) is 6.16. The molecule has 0 spiro atoms. The highest BCUT2D eigenvalue weighted by molar-refractivity contribution is 5.87. The van der Waals surface area contributed by atoms with Crippen molar-refractivity contribution in [1.29, 1.82) is 0 Å². The molecule has 3 nitrogen and oxygen atoms in total. The SMILES string of the molecule is COc1ccccc1/C=N/c1ccccc1N(C)C. The molecule has 2 rings (SSSR count). The summed E-state index contributed by atoms with van der Waals surface area (Å²) in [6.45, 7) is 0. The minimum absolute atomic E-state index is 0.827. The molecular formula is C16H18N2O. The van der Waals surface area contributed by atoms with Crippen LogP contribution in [0.5, 0.6) is 5.75 Å². The van der Waals surface area contributed by atoms with Gasteiger partial charge in [-0.05, 0) is 24.3 Å². The fourth-order valence-electron chi connectivity index (χ4n) is 1.86. The Bertz CT molecular complexity index is 576. The van der Waals surface area contributed by atoms with Crippen LogP contribution in [0.2, 0.25) is 0 Å². The zero-order chi connectivity index (χ0) is 13.7. The van der Waals surface area contributed by atoms with Gasteiger partial charge in [0.25, 0.3) is 0 Å². The molecule has 0 bridgehead atoms. The van der Waals surface area contributed by atoms with Gasteiger partial charge in [-0.3, -0.25) is 4.99 Å². The van der Waals surface area contributed by atoms with E-state index in [9.17, 15) is 0 Å². The van der Waals surface area contributed by atoms with Crippen LogP contribution >= 0.6 is 0 Å². The lowest BCUT2D eigenvalue weighted by molar-refractivity contribution is 0.414. The smallest absolute Gasteiger partial charge is 0.127 e. The number of rotatable bonds is 4. The molecule has 0 saturated carbocycles. The van der Waals surface area contributed by atoms with Crippen molar-refractivity contribution < 1.29 is 4.74 Å². The predicted molar refractivity (Wildman–Crippen MR) is 81.0 cm³/mol. The highest BCUT2D eigenvalue weighted by Gasteiger charge is 2.02. The van der Waals surface area contributed by atoms with E-state index in [0.717, 1.165) is 22.7 Å². The monoisotopic (exact) mass is 254 g/mol. The van der Waals surface area contributed by atoms with Gasteiger partial charge in [-0.1, -0.05) is 24.3 Å². The second-order valence-electron chi connectivity index (χ2n) is 4.38. The average molecular weight is 254 g/mol. The second-order valence-corrected chi connectivity index (χ2v) is 4.38. The molecule has 0 saturated heterocycles. The Morgan fingerprint density at radius 3 is 2.42 bits per heavy atom. The van der Waals surface area contributed by atoms with Crippen LogP contribution in [0, 0.1) is 0 Å². The normalized spacial score (nSPS) is 10.7. The first kappa shape index (κ1) is 13.1. The van der Waals surface area contributed by atoms with Crippen molar-refractivity contribution in [1.82, 2.24) is 0 Å². The summed E-state index contributed by atoms with van der Waals surface area (Å²) in [5.74, 6) is 0.827. The molecule has 0 fully saturated rings. The quantitative estimate of drug-likeness (QED) is 0.780. The van der Waals surface area contributed by atoms with Crippen LogP contribution in [0.3, 0.4) is 0 Å². The Balaban J connectivity index is 2.33. The van der Waals surface area contributed by atoms with E-state index in [1.807, 2.05) is 62.8 Å². The van der Waals surface area contributed by atoms with E-state index in [1.165, 1.54) is 0 Å². The number of hydrogen-bond donors (Lipinski definition) is 0. The third-order valence-electron chi connectivity index (χ3n) is 2.85. The summed E-state index contributed by atoms with van der Waals surface area (Å²) in [6.07, 6.45) is 1.83. The van der Waals surface area contributed by atoms with Crippen LogP contribution in [0.4, 0.5) is 11.4 Å². The number of para-hydroxylation sites is 3. The van der Waals surface area contributed by atoms with E-state index in [-0.39, 0.29) is 0 Å². The summed E-state index contributed by atoms with van der Waals surface area (Å²) < 4.78 is 5.31. The van der Waals surface area contributed by atoms with Gasteiger partial charge in [-0.15, -0.1) is 0 Å². The highest BCUT2D eigenvalue weighted by Crippen LogP contribution is 2.27. The van der Waals surface area contributed by atoms with Crippen LogP contribution < -0.4 is 9.64 Å². The Labute approximate surface area is 114 Å². The molecule has 2 aromatic carbocycles. The fraction of sp³-hybridized carbons (Fsp3) is 0.188. The number of ether oxygens (including phenoxy) is 1. The largest absolute Gasteiger partial charge is 0.496 e. The summed E-state index contributed by atoms with van der Waals surface area (Å²) in [5, 5.41) is 0. The molecular weight excluding hydrogens is 236 g/mol. The first-order valence-electron chi connectivity index (χ1n) is 6.16. The van der Waals surface area contributed by atoms with Gasteiger partial charge in [0.1, 0.15) is 5.75 Å². The molecule has 0 atom stereocenters. The highest BCUT2D eigenvalue weighted by atomic mass is 16.5. The van der Waals surface area contributed by atoms with Gasteiger partial charge in [0.15, 0.2) is 0 Å². The molecule has 3 heteroatoms. The van der Waals surface area contributed by atoms with E-state index in [1.54, 1.807) is 7.11 Å². The van der Waals surface area contributed by atoms with Crippen molar-refractivity contribution in [3.05, 3.63) is 54.1 Å². The standard InChI is InChI=1S/C16H18N2O/c1-18(2)15-10-6-5-9-14(15)17-12-13-8-4-7-11-16(13)19-3/h4-12H,1-3H3/b17-12+. The molecule has 19 heavy (non-hydrogen) atoms. The van der Waals surface area contributed by atoms with Gasteiger partial charge in [-0.25, -0.2) is 0 Å². The van der Waals surface area contributed by atoms with E-state index >= 15 is 0 Å². The summed E-state index contributed by atoms with van der Waals surface area (Å²) >= 11 is 0. The molecule has 0 radical (unpaired) electrons. The zero-order valence-corrected chi connectivity index (χ0v) is 11.5. The van der Waals surface area contributed by atoms with Crippen molar-refractivity contribution in [2.24, 2.45) is 4.99 Å². The molecule has 0 unspecified atom stereocenters. The van der Waals surface area contributed by atoms with Crippen molar-refractivity contribution in [2.75, 3.05) is 26.1 Å². The molecule has 0 aliphatic heterocycles. The summed E-state index contributed by atoms with van der Waals surface area (Å²) in [5.41, 5.74) is 3.01. The average Bonchev–Trinajstić information content (AvgIpc) is 2.45. The lowest BCUT2D eigenvalue weighted by Gasteiger charge is -2.14. The summed E-state index contributed by atoms with van der Waals surface area (Å²) in [7, 11) is 5.69. The van der Waals surface area contributed by atoms with Gasteiger partial charge >= 0.3 is 0 Å². The molecule has 0 amide bonds. The zero-order valence-electron chi connectivity index (χ0n) is 11.5. The van der Waals surface area contributed by atoms with Gasteiger partial charge in [0.05, 0.1) is 18.5 Å². The molecule has 0 N–H and O–H groups in total. The number of hydrogen-bond acceptors (Lipinski definition) is 3. The Hall–Kier alpha value is -2.29. The van der Waals surface area contributed by atoms with Gasteiger partial charge in [-0.2, -0.15) is 0 Å². The topological polar surface area (TPSA) is 24.8 Å². The Morgan fingerprint density at radius 2 is 1.68 bits per heavy atom. The van der Waals surface area contributed by atoms with Crippen molar-refractivity contribution in [3.63, 3.8) is 0 Å². The minimum atomic E-state index is 0.827. The van der Waals surface area contributed by atoms with E-state index < -0.39 is 0 Å². The molecule has 2 aromatic rings. The lowest BCUT2D eigenvalue weighted by Crippen LogP contribution is -2.08. The number of anilines is 1. The number of benzene rings is 2. The maximum Gasteiger partial charge on any atom is 0.127 e. The lowest BCUT2D eigenvalue weighted by atomic mass is 10.2. The van der Waals surface area contributed by atoms with Crippen LogP contribution in [0.15, 0.2) is 53.5 Å². The molecule has 0 aromatic heterocycles. The number of nitrogens with zero attached hydrogens (tertiary/aromatic N) is 2. The van der Waals surface area contributed by atoms with Crippen LogP contribution in [-0.2, 0) is 0 Å². The third kappa shape index (κ3) is 3.13. The van der Waals surface area contributed by atoms with E-state index in [2.05, 4.69) is 16.0 Å². The maximum absolute atomic E-state index is 5.31. The Kier molecular flexibility index (Phi) is 4.18. The number of methoxy groups -OCH3 is 1. The van der Waals surface area contributed by atoms with Gasteiger partial charge < -0.3 is 9.64 Å². The third-order valence-corrected chi connectivity index (χ3v) is 2.85. The minimum Gasteiger partial charge on any atom is -0.496 e. The van der Waals surface area contributed by atoms with Gasteiger partial charge in [0, 0.05) is 25.9 Å². The molecule has 0 heterocycles. The maximum atomic E-state index is 5.31. The molecule has 0 aliphatic rings. The van der Waals surface area contributed by atoms with Gasteiger partial charge in [0.2, 0.25) is 0 Å². The summed E-state index contributed by atoms with van der Waals surface area (Å²) in [4.78, 5) is 6.61. The van der Waals surface area contributed by atoms with Crippen molar-refractivity contribution in [3.8, 4) is 5.75 Å². The van der Waals surface area contributed by atoms with Crippen LogP contribution in [0.25, 0.3) is 0 Å². The molecule has 98 valence electrons. The summed E-state index contributed by atoms with van der Waals surface area (Å²) in [6, 6.07) is 15.9. The van der Waals surface area contributed by atoms with Crippen molar-refractivity contribution in [2.45, 2.75) is 0 Å². The Morgan fingerprint density at radius 1 is 1.00 bits per heavy atom. The predicted octanol–water partition coefficient (Wildman–Crippen LogP) is 3.51. The van der Waals surface area contributed by atoms with Crippen LogP contribution in [0.1, 0.15) is 5.56 Å². The molecule has 0 aliphatic carbocycles. The first-order chi connectivity index (χ1) is 9.22.